The molecule has 1 amide bonds. The first-order valence-electron chi connectivity index (χ1n) is 8.99. The van der Waals surface area contributed by atoms with Gasteiger partial charge in [0, 0.05) is 32.9 Å². The zero-order valence-corrected chi connectivity index (χ0v) is 20.2. The van der Waals surface area contributed by atoms with E-state index in [9.17, 15) is 17.6 Å². The Morgan fingerprint density at radius 1 is 1.07 bits per heavy atom. The molecular formula is C20H26FIN4O3S. The second kappa shape index (κ2) is 11.8. The van der Waals surface area contributed by atoms with Crippen LogP contribution in [0, 0.1) is 12.7 Å². The number of carbonyl (C=O) groups is 1. The third kappa shape index (κ3) is 7.56. The predicted molar refractivity (Wildman–Crippen MR) is 127 cm³/mol. The van der Waals surface area contributed by atoms with E-state index in [-0.39, 0.29) is 36.1 Å². The third-order valence-corrected chi connectivity index (χ3v) is 5.40. The molecule has 0 aliphatic carbocycles. The van der Waals surface area contributed by atoms with Gasteiger partial charge in [-0.2, -0.15) is 0 Å². The Morgan fingerprint density at radius 3 is 2.33 bits per heavy atom. The quantitative estimate of drug-likeness (QED) is 0.214. The van der Waals surface area contributed by atoms with Gasteiger partial charge in [-0.25, -0.2) is 12.8 Å². The van der Waals surface area contributed by atoms with Crippen molar-refractivity contribution in [3.8, 4) is 0 Å². The molecule has 10 heteroatoms. The summed E-state index contributed by atoms with van der Waals surface area (Å²) in [6, 6.07) is 10.9. The number of guanidine groups is 1. The monoisotopic (exact) mass is 548 g/mol. The topological polar surface area (TPSA) is 99.7 Å². The summed E-state index contributed by atoms with van der Waals surface area (Å²) in [5, 5.41) is 8.80. The lowest BCUT2D eigenvalue weighted by atomic mass is 10.1. The van der Waals surface area contributed by atoms with Crippen LogP contribution in [0.1, 0.15) is 21.5 Å². The SMILES string of the molecule is CN=C(NCCNC(=O)c1ccccc1F)NCc1ccc(S(C)(=O)=O)c(C)c1.I. The fraction of sp³-hybridized carbons (Fsp3) is 0.300. The Balaban J connectivity index is 0.00000450. The molecule has 3 N–H and O–H groups in total. The maximum Gasteiger partial charge on any atom is 0.254 e. The molecule has 0 aromatic heterocycles. The van der Waals surface area contributed by atoms with Crippen LogP contribution in [0.25, 0.3) is 0 Å². The maximum absolute atomic E-state index is 13.6. The lowest BCUT2D eigenvalue weighted by Crippen LogP contribution is -2.41. The van der Waals surface area contributed by atoms with E-state index >= 15 is 0 Å². The first-order chi connectivity index (χ1) is 13.7. The molecule has 0 atom stereocenters. The van der Waals surface area contributed by atoms with Crippen LogP contribution < -0.4 is 16.0 Å². The normalized spacial score (nSPS) is 11.4. The van der Waals surface area contributed by atoms with E-state index in [1.807, 2.05) is 6.07 Å². The van der Waals surface area contributed by atoms with E-state index in [2.05, 4.69) is 20.9 Å². The number of nitrogens with zero attached hydrogens (tertiary/aromatic N) is 1. The maximum atomic E-state index is 13.6. The fourth-order valence-corrected chi connectivity index (χ4v) is 3.70. The Morgan fingerprint density at radius 2 is 1.73 bits per heavy atom. The highest BCUT2D eigenvalue weighted by atomic mass is 127. The molecule has 0 unspecified atom stereocenters. The van der Waals surface area contributed by atoms with Crippen molar-refractivity contribution in [2.24, 2.45) is 4.99 Å². The first-order valence-corrected chi connectivity index (χ1v) is 10.9. The van der Waals surface area contributed by atoms with E-state index < -0.39 is 21.6 Å². The molecule has 0 aliphatic heterocycles. The van der Waals surface area contributed by atoms with Gasteiger partial charge in [-0.15, -0.1) is 24.0 Å². The zero-order valence-electron chi connectivity index (χ0n) is 17.0. The number of nitrogens with one attached hydrogen (secondary N) is 3. The number of halogens is 2. The van der Waals surface area contributed by atoms with Crippen LogP contribution in [-0.2, 0) is 16.4 Å². The minimum absolute atomic E-state index is 0. The Labute approximate surface area is 193 Å². The standard InChI is InChI=1S/C20H25FN4O3S.HI/c1-14-12-15(8-9-18(14)29(3,27)28)13-25-20(22-2)24-11-10-23-19(26)16-6-4-5-7-17(16)21;/h4-9,12H,10-11,13H2,1-3H3,(H,23,26)(H2,22,24,25);1H. The van der Waals surface area contributed by atoms with Gasteiger partial charge in [0.25, 0.3) is 5.91 Å². The fourth-order valence-electron chi connectivity index (χ4n) is 2.74. The molecule has 0 fully saturated rings. The highest BCUT2D eigenvalue weighted by molar-refractivity contribution is 14.0. The minimum atomic E-state index is -3.25. The van der Waals surface area contributed by atoms with Gasteiger partial charge in [0.05, 0.1) is 10.5 Å². The molecule has 2 rings (SSSR count). The summed E-state index contributed by atoms with van der Waals surface area (Å²) in [6.07, 6.45) is 1.18. The van der Waals surface area contributed by atoms with Gasteiger partial charge in [0.1, 0.15) is 5.82 Å². The second-order valence-corrected chi connectivity index (χ2v) is 8.44. The van der Waals surface area contributed by atoms with Crippen LogP contribution in [-0.4, -0.2) is 46.7 Å². The van der Waals surface area contributed by atoms with Crippen molar-refractivity contribution in [3.63, 3.8) is 0 Å². The molecule has 0 heterocycles. The average Bonchev–Trinajstić information content (AvgIpc) is 2.66. The number of aliphatic imine (C=N–C) groups is 1. The Hall–Kier alpha value is -2.21. The molecule has 0 aliphatic rings. The van der Waals surface area contributed by atoms with Gasteiger partial charge in [-0.05, 0) is 36.2 Å². The molecule has 0 bridgehead atoms. The molecule has 30 heavy (non-hydrogen) atoms. The van der Waals surface area contributed by atoms with Crippen molar-refractivity contribution in [2.45, 2.75) is 18.4 Å². The number of carbonyl (C=O) groups excluding carboxylic acids is 1. The van der Waals surface area contributed by atoms with Crippen molar-refractivity contribution in [2.75, 3.05) is 26.4 Å². The summed E-state index contributed by atoms with van der Waals surface area (Å²) in [6.45, 7) is 2.89. The molecule has 164 valence electrons. The number of amides is 1. The highest BCUT2D eigenvalue weighted by Gasteiger charge is 2.11. The minimum Gasteiger partial charge on any atom is -0.355 e. The largest absolute Gasteiger partial charge is 0.355 e. The lowest BCUT2D eigenvalue weighted by Gasteiger charge is -2.13. The van der Waals surface area contributed by atoms with Crippen LogP contribution in [0.4, 0.5) is 4.39 Å². The third-order valence-electron chi connectivity index (χ3n) is 4.14. The van der Waals surface area contributed by atoms with Gasteiger partial charge in [0.15, 0.2) is 15.8 Å². The van der Waals surface area contributed by atoms with Crippen molar-refractivity contribution in [3.05, 3.63) is 65.0 Å². The zero-order chi connectivity index (χ0) is 21.4. The van der Waals surface area contributed by atoms with Crippen molar-refractivity contribution >= 4 is 45.7 Å². The van der Waals surface area contributed by atoms with Crippen LogP contribution in [0.5, 0.6) is 0 Å². The van der Waals surface area contributed by atoms with E-state index in [0.29, 0.717) is 29.5 Å². The van der Waals surface area contributed by atoms with E-state index in [1.54, 1.807) is 32.2 Å². The smallest absolute Gasteiger partial charge is 0.254 e. The van der Waals surface area contributed by atoms with Crippen molar-refractivity contribution in [1.82, 2.24) is 16.0 Å². The number of hydrogen-bond acceptors (Lipinski definition) is 4. The van der Waals surface area contributed by atoms with Crippen molar-refractivity contribution < 1.29 is 17.6 Å². The predicted octanol–water partition coefficient (Wildman–Crippen LogP) is 2.25. The van der Waals surface area contributed by atoms with Gasteiger partial charge in [-0.3, -0.25) is 9.79 Å². The number of hydrogen-bond donors (Lipinski definition) is 3. The van der Waals surface area contributed by atoms with Crippen LogP contribution in [0.3, 0.4) is 0 Å². The second-order valence-electron chi connectivity index (χ2n) is 6.46. The van der Waals surface area contributed by atoms with E-state index in [1.165, 1.54) is 24.5 Å². The highest BCUT2D eigenvalue weighted by Crippen LogP contribution is 2.16. The Bertz CT molecular complexity index is 1010. The van der Waals surface area contributed by atoms with E-state index in [4.69, 9.17) is 0 Å². The molecule has 0 saturated carbocycles. The van der Waals surface area contributed by atoms with Crippen LogP contribution in [0.15, 0.2) is 52.4 Å². The molecule has 0 radical (unpaired) electrons. The van der Waals surface area contributed by atoms with Crippen LogP contribution in [0.2, 0.25) is 0 Å². The molecule has 0 spiro atoms. The molecular weight excluding hydrogens is 522 g/mol. The number of aryl methyl sites for hydroxylation is 1. The van der Waals surface area contributed by atoms with Gasteiger partial charge >= 0.3 is 0 Å². The van der Waals surface area contributed by atoms with Crippen molar-refractivity contribution in [1.29, 1.82) is 0 Å². The van der Waals surface area contributed by atoms with Gasteiger partial charge in [0.2, 0.25) is 0 Å². The number of rotatable bonds is 7. The number of sulfone groups is 1. The summed E-state index contributed by atoms with van der Waals surface area (Å²) in [4.78, 5) is 16.4. The lowest BCUT2D eigenvalue weighted by molar-refractivity contribution is 0.0950. The molecule has 7 nitrogen and oxygen atoms in total. The molecule has 0 saturated heterocycles. The Kier molecular flexibility index (Phi) is 10.2. The summed E-state index contributed by atoms with van der Waals surface area (Å²) >= 11 is 0. The average molecular weight is 548 g/mol. The van der Waals surface area contributed by atoms with Gasteiger partial charge < -0.3 is 16.0 Å². The summed E-state index contributed by atoms with van der Waals surface area (Å²) in [5.74, 6) is -0.517. The van der Waals surface area contributed by atoms with E-state index in [0.717, 1.165) is 5.56 Å². The van der Waals surface area contributed by atoms with Crippen LogP contribution >= 0.6 is 24.0 Å². The molecule has 2 aromatic carbocycles. The van der Waals surface area contributed by atoms with Gasteiger partial charge in [-0.1, -0.05) is 24.3 Å². The molecule has 2 aromatic rings. The number of benzene rings is 2. The first kappa shape index (κ1) is 25.8. The summed E-state index contributed by atoms with van der Waals surface area (Å²) in [7, 11) is -1.63. The summed E-state index contributed by atoms with van der Waals surface area (Å²) < 4.78 is 36.9. The summed E-state index contributed by atoms with van der Waals surface area (Å²) in [5.41, 5.74) is 1.60.